The lowest BCUT2D eigenvalue weighted by Crippen LogP contribution is -1.86. The molecular formula is C7H8FN. The Bertz CT molecular complexity index is 170. The van der Waals surface area contributed by atoms with Crippen LogP contribution in [-0.4, -0.2) is 0 Å². The molecule has 0 heterocycles. The van der Waals surface area contributed by atoms with Gasteiger partial charge in [-0.25, -0.2) is 4.39 Å². The van der Waals surface area contributed by atoms with E-state index in [4.69, 9.17) is 5.73 Å². The molecule has 1 aromatic carbocycles. The Morgan fingerprint density at radius 2 is 2.00 bits per heavy atom. The first-order valence-electron chi connectivity index (χ1n) is 2.71. The van der Waals surface area contributed by atoms with E-state index >= 15 is 0 Å². The van der Waals surface area contributed by atoms with E-state index in [0.717, 1.165) is 5.56 Å². The van der Waals surface area contributed by atoms with Crippen LogP contribution in [0.3, 0.4) is 0 Å². The Morgan fingerprint density at radius 1 is 1.33 bits per heavy atom. The van der Waals surface area contributed by atoms with E-state index in [2.05, 4.69) is 0 Å². The second-order valence-corrected chi connectivity index (χ2v) is 2.06. The van der Waals surface area contributed by atoms with Crippen LogP contribution in [0.2, 0.25) is 0 Å². The molecule has 2 N–H and O–H groups in total. The van der Waals surface area contributed by atoms with Gasteiger partial charge in [-0.3, -0.25) is 0 Å². The van der Waals surface area contributed by atoms with Gasteiger partial charge >= 0.3 is 0 Å². The molecule has 1 nitrogen and oxygen atoms in total. The van der Waals surface area contributed by atoms with Gasteiger partial charge in [-0.05, 0) is 30.7 Å². The molecule has 0 unspecified atom stereocenters. The Morgan fingerprint density at radius 3 is 2.44 bits per heavy atom. The smallest absolute Gasteiger partial charge is 0.125 e. The Hall–Kier alpha value is -1.05. The van der Waals surface area contributed by atoms with Crippen LogP contribution in [0.1, 0.15) is 5.56 Å². The minimum atomic E-state index is -0.271. The molecule has 0 saturated carbocycles. The Kier molecular flexibility index (Phi) is 1.39. The van der Waals surface area contributed by atoms with Gasteiger partial charge in [0, 0.05) is 5.69 Å². The lowest BCUT2D eigenvalue weighted by atomic mass is 10.2. The predicted octanol–water partition coefficient (Wildman–Crippen LogP) is 1.72. The standard InChI is InChI=1S/C7H8FN/c1-5-2-6(8)4-7(9)3-5/h2-4H,9H2,1H3. The Balaban J connectivity index is 3.17. The van der Waals surface area contributed by atoms with Crippen LogP contribution < -0.4 is 5.73 Å². The van der Waals surface area contributed by atoms with E-state index in [9.17, 15) is 4.39 Å². The molecule has 0 aliphatic carbocycles. The fourth-order valence-corrected chi connectivity index (χ4v) is 0.765. The van der Waals surface area contributed by atoms with Crippen LogP contribution in [0.4, 0.5) is 10.1 Å². The number of rotatable bonds is 0. The van der Waals surface area contributed by atoms with Crippen LogP contribution >= 0.6 is 0 Å². The number of benzene rings is 1. The summed E-state index contributed by atoms with van der Waals surface area (Å²) in [5.74, 6) is -0.271. The molecule has 1 rings (SSSR count). The van der Waals surface area contributed by atoms with Crippen molar-refractivity contribution in [1.29, 1.82) is 0 Å². The van der Waals surface area contributed by atoms with Gasteiger partial charge in [-0.2, -0.15) is 0 Å². The first-order valence-corrected chi connectivity index (χ1v) is 2.71. The minimum absolute atomic E-state index is 0.271. The van der Waals surface area contributed by atoms with Gasteiger partial charge < -0.3 is 5.73 Å². The number of hydrogen-bond donors (Lipinski definition) is 1. The van der Waals surface area contributed by atoms with Gasteiger partial charge in [0.05, 0.1) is 0 Å². The highest BCUT2D eigenvalue weighted by molar-refractivity contribution is 5.40. The average Bonchev–Trinajstić information content (AvgIpc) is 1.59. The zero-order chi connectivity index (χ0) is 6.85. The molecule has 9 heavy (non-hydrogen) atoms. The lowest BCUT2D eigenvalue weighted by molar-refractivity contribution is 0.627. The summed E-state index contributed by atoms with van der Waals surface area (Å²) in [4.78, 5) is 0. The van der Waals surface area contributed by atoms with Crippen LogP contribution in [0.25, 0.3) is 0 Å². The van der Waals surface area contributed by atoms with Gasteiger partial charge in [-0.1, -0.05) is 0 Å². The summed E-state index contributed by atoms with van der Waals surface area (Å²) in [6, 6.07) is 4.46. The number of aryl methyl sites for hydroxylation is 1. The van der Waals surface area contributed by atoms with Gasteiger partial charge in [0.15, 0.2) is 0 Å². The van der Waals surface area contributed by atoms with Crippen molar-refractivity contribution in [2.45, 2.75) is 6.92 Å². The topological polar surface area (TPSA) is 26.0 Å². The number of hydrogen-bond acceptors (Lipinski definition) is 1. The second kappa shape index (κ2) is 2.05. The fraction of sp³-hybridized carbons (Fsp3) is 0.143. The third-order valence-electron chi connectivity index (χ3n) is 1.06. The zero-order valence-electron chi connectivity index (χ0n) is 5.19. The number of anilines is 1. The summed E-state index contributed by atoms with van der Waals surface area (Å²) in [5.41, 5.74) is 6.65. The molecule has 48 valence electrons. The van der Waals surface area contributed by atoms with Crippen molar-refractivity contribution >= 4 is 5.69 Å². The quantitative estimate of drug-likeness (QED) is 0.525. The summed E-state index contributed by atoms with van der Waals surface area (Å²) >= 11 is 0. The van der Waals surface area contributed by atoms with Gasteiger partial charge in [0.1, 0.15) is 5.82 Å². The third kappa shape index (κ3) is 1.42. The van der Waals surface area contributed by atoms with Crippen LogP contribution in [-0.2, 0) is 0 Å². The fourth-order valence-electron chi connectivity index (χ4n) is 0.765. The zero-order valence-corrected chi connectivity index (χ0v) is 5.19. The van der Waals surface area contributed by atoms with Crippen LogP contribution in [0, 0.1) is 12.7 Å². The monoisotopic (exact) mass is 125 g/mol. The van der Waals surface area contributed by atoms with E-state index in [1.54, 1.807) is 13.0 Å². The summed E-state index contributed by atoms with van der Waals surface area (Å²) < 4.78 is 12.3. The molecule has 0 aromatic heterocycles. The first-order chi connectivity index (χ1) is 4.18. The highest BCUT2D eigenvalue weighted by atomic mass is 19.1. The summed E-state index contributed by atoms with van der Waals surface area (Å²) in [5, 5.41) is 0. The number of nitrogen functional groups attached to an aromatic ring is 1. The van der Waals surface area contributed by atoms with Crippen LogP contribution in [0.5, 0.6) is 0 Å². The molecule has 0 aliphatic rings. The summed E-state index contributed by atoms with van der Waals surface area (Å²) in [7, 11) is 0. The van der Waals surface area contributed by atoms with Crippen molar-refractivity contribution in [3.63, 3.8) is 0 Å². The Labute approximate surface area is 53.3 Å². The number of halogens is 1. The maximum Gasteiger partial charge on any atom is 0.125 e. The SMILES string of the molecule is Cc1cc(N)cc(F)c1. The van der Waals surface area contributed by atoms with Crippen LogP contribution in [0.15, 0.2) is 18.2 Å². The summed E-state index contributed by atoms with van der Waals surface area (Å²) in [6.45, 7) is 1.80. The van der Waals surface area contributed by atoms with Crippen molar-refractivity contribution in [2.75, 3.05) is 5.73 Å². The largest absolute Gasteiger partial charge is 0.399 e. The van der Waals surface area contributed by atoms with Gasteiger partial charge in [0.2, 0.25) is 0 Å². The molecule has 2 heteroatoms. The van der Waals surface area contributed by atoms with E-state index < -0.39 is 0 Å². The highest BCUT2D eigenvalue weighted by Gasteiger charge is 1.91. The van der Waals surface area contributed by atoms with Crippen molar-refractivity contribution < 1.29 is 4.39 Å². The molecule has 0 radical (unpaired) electrons. The normalized spacial score (nSPS) is 9.56. The van der Waals surface area contributed by atoms with Crippen molar-refractivity contribution in [2.24, 2.45) is 0 Å². The molecular weight excluding hydrogens is 117 g/mol. The number of nitrogens with two attached hydrogens (primary N) is 1. The van der Waals surface area contributed by atoms with E-state index in [1.807, 2.05) is 0 Å². The first kappa shape index (κ1) is 6.08. The third-order valence-corrected chi connectivity index (χ3v) is 1.06. The molecule has 1 aromatic rings. The molecule has 0 atom stereocenters. The molecule has 0 amide bonds. The van der Waals surface area contributed by atoms with Crippen molar-refractivity contribution in [1.82, 2.24) is 0 Å². The molecule has 0 fully saturated rings. The predicted molar refractivity (Wildman–Crippen MR) is 35.5 cm³/mol. The second-order valence-electron chi connectivity index (χ2n) is 2.06. The maximum atomic E-state index is 12.3. The molecule has 0 saturated heterocycles. The van der Waals surface area contributed by atoms with Crippen molar-refractivity contribution in [3.05, 3.63) is 29.6 Å². The van der Waals surface area contributed by atoms with Gasteiger partial charge in [-0.15, -0.1) is 0 Å². The van der Waals surface area contributed by atoms with E-state index in [1.165, 1.54) is 12.1 Å². The maximum absolute atomic E-state index is 12.3. The lowest BCUT2D eigenvalue weighted by Gasteiger charge is -1.94. The molecule has 0 bridgehead atoms. The van der Waals surface area contributed by atoms with E-state index in [-0.39, 0.29) is 5.82 Å². The highest BCUT2D eigenvalue weighted by Crippen LogP contribution is 2.08. The van der Waals surface area contributed by atoms with E-state index in [0.29, 0.717) is 5.69 Å². The molecule has 0 spiro atoms. The van der Waals surface area contributed by atoms with Gasteiger partial charge in [0.25, 0.3) is 0 Å². The van der Waals surface area contributed by atoms with Crippen molar-refractivity contribution in [3.8, 4) is 0 Å². The summed E-state index contributed by atoms with van der Waals surface area (Å²) in [6.07, 6.45) is 0. The average molecular weight is 125 g/mol. The molecule has 0 aliphatic heterocycles. The minimum Gasteiger partial charge on any atom is -0.399 e.